The van der Waals surface area contributed by atoms with Crippen LogP contribution in [-0.2, 0) is 9.59 Å². The van der Waals surface area contributed by atoms with Crippen molar-refractivity contribution in [3.63, 3.8) is 0 Å². The third kappa shape index (κ3) is 4.52. The number of anilines is 2. The van der Waals surface area contributed by atoms with Gasteiger partial charge in [-0.15, -0.1) is 0 Å². The summed E-state index contributed by atoms with van der Waals surface area (Å²) < 4.78 is 11.1. The van der Waals surface area contributed by atoms with Gasteiger partial charge in [-0.05, 0) is 67.9 Å². The number of aliphatic hydroxyl groups is 1. The van der Waals surface area contributed by atoms with Crippen molar-refractivity contribution in [2.24, 2.45) is 0 Å². The Morgan fingerprint density at radius 3 is 2.39 bits per heavy atom. The summed E-state index contributed by atoms with van der Waals surface area (Å²) in [7, 11) is 5.35. The molecule has 186 valence electrons. The zero-order valence-electron chi connectivity index (χ0n) is 21.1. The summed E-state index contributed by atoms with van der Waals surface area (Å²) in [5.41, 5.74) is 3.36. The number of hydrogen-bond donors (Lipinski definition) is 1. The number of methoxy groups -OCH3 is 1. The third-order valence-electron chi connectivity index (χ3n) is 6.18. The number of carbonyl (C=O) groups excluding carboxylic acids is 2. The van der Waals surface area contributed by atoms with E-state index in [9.17, 15) is 14.7 Å². The molecule has 1 unspecified atom stereocenters. The summed E-state index contributed by atoms with van der Waals surface area (Å²) in [4.78, 5) is 30.3. The maximum absolute atomic E-state index is 13.5. The van der Waals surface area contributed by atoms with E-state index in [1.165, 1.54) is 12.0 Å². The van der Waals surface area contributed by atoms with Crippen LogP contribution in [0, 0.1) is 6.92 Å². The Balaban J connectivity index is 1.96. The van der Waals surface area contributed by atoms with Crippen LogP contribution in [0.4, 0.5) is 11.4 Å². The first-order valence-electron chi connectivity index (χ1n) is 11.7. The number of nitrogens with zero attached hydrogens (tertiary/aromatic N) is 2. The van der Waals surface area contributed by atoms with Crippen molar-refractivity contribution < 1.29 is 24.2 Å². The van der Waals surface area contributed by atoms with Gasteiger partial charge in [0, 0.05) is 25.5 Å². The van der Waals surface area contributed by atoms with Crippen LogP contribution in [0.25, 0.3) is 5.76 Å². The van der Waals surface area contributed by atoms with E-state index in [-0.39, 0.29) is 11.3 Å². The Bertz CT molecular complexity index is 1330. The molecule has 1 aliphatic heterocycles. The van der Waals surface area contributed by atoms with E-state index in [4.69, 9.17) is 9.47 Å². The van der Waals surface area contributed by atoms with E-state index < -0.39 is 17.7 Å². The molecule has 0 spiro atoms. The maximum atomic E-state index is 13.5. The zero-order valence-corrected chi connectivity index (χ0v) is 21.1. The molecule has 0 bridgehead atoms. The number of hydrogen-bond acceptors (Lipinski definition) is 6. The van der Waals surface area contributed by atoms with Crippen LogP contribution >= 0.6 is 0 Å². The first kappa shape index (κ1) is 24.9. The van der Waals surface area contributed by atoms with Gasteiger partial charge in [0.1, 0.15) is 17.3 Å². The fourth-order valence-electron chi connectivity index (χ4n) is 4.42. The van der Waals surface area contributed by atoms with Gasteiger partial charge in [0.2, 0.25) is 0 Å². The maximum Gasteiger partial charge on any atom is 0.300 e. The molecule has 1 N–H and O–H groups in total. The third-order valence-corrected chi connectivity index (χ3v) is 6.18. The molecule has 3 aromatic rings. The number of benzene rings is 3. The minimum absolute atomic E-state index is 0.00534. The lowest BCUT2D eigenvalue weighted by Crippen LogP contribution is -2.29. The summed E-state index contributed by atoms with van der Waals surface area (Å²) in [5, 5.41) is 11.5. The molecule has 0 radical (unpaired) electrons. The van der Waals surface area contributed by atoms with Crippen molar-refractivity contribution in [1.29, 1.82) is 0 Å². The average molecular weight is 487 g/mol. The second-order valence-corrected chi connectivity index (χ2v) is 8.79. The van der Waals surface area contributed by atoms with Crippen LogP contribution in [0.2, 0.25) is 0 Å². The molecule has 4 rings (SSSR count). The molecular formula is C29H30N2O5. The van der Waals surface area contributed by atoms with Gasteiger partial charge in [0.15, 0.2) is 0 Å². The molecule has 1 aliphatic rings. The standard InChI is InChI=1S/C29H30N2O5/c1-6-36-22-9-7-8-19(17-22)26-25(27(32)23-16-18(2)10-15-24(23)35-5)28(33)29(34)31(26)21-13-11-20(12-14-21)30(3)4/h7-17,26,32H,6H2,1-5H3/b27-25+. The molecular weight excluding hydrogens is 456 g/mol. The molecule has 7 nitrogen and oxygen atoms in total. The van der Waals surface area contributed by atoms with Gasteiger partial charge in [0.05, 0.1) is 30.9 Å². The summed E-state index contributed by atoms with van der Waals surface area (Å²) in [6, 6.07) is 19.1. The molecule has 1 atom stereocenters. The molecule has 0 aliphatic carbocycles. The van der Waals surface area contributed by atoms with Crippen LogP contribution in [0.15, 0.2) is 72.3 Å². The normalized spacial score (nSPS) is 16.8. The number of ether oxygens (including phenoxy) is 2. The molecule has 3 aromatic carbocycles. The van der Waals surface area contributed by atoms with Gasteiger partial charge in [-0.25, -0.2) is 0 Å². The number of aryl methyl sites for hydroxylation is 1. The SMILES string of the molecule is CCOc1cccc(C2/C(=C(\O)c3cc(C)ccc3OC)C(=O)C(=O)N2c2ccc(N(C)C)cc2)c1. The predicted molar refractivity (Wildman–Crippen MR) is 141 cm³/mol. The van der Waals surface area contributed by atoms with Crippen LogP contribution < -0.4 is 19.3 Å². The number of carbonyl (C=O) groups is 2. The monoisotopic (exact) mass is 486 g/mol. The topological polar surface area (TPSA) is 79.3 Å². The van der Waals surface area contributed by atoms with Crippen molar-refractivity contribution in [3.05, 3.63) is 89.0 Å². The zero-order chi connectivity index (χ0) is 26.0. The number of rotatable bonds is 7. The Labute approximate surface area is 211 Å². The Hall–Kier alpha value is -4.26. The Morgan fingerprint density at radius 1 is 1.03 bits per heavy atom. The fraction of sp³-hybridized carbons (Fsp3) is 0.241. The summed E-state index contributed by atoms with van der Waals surface area (Å²) in [5.74, 6) is -0.751. The summed E-state index contributed by atoms with van der Waals surface area (Å²) in [6.07, 6.45) is 0. The lowest BCUT2D eigenvalue weighted by atomic mass is 9.94. The van der Waals surface area contributed by atoms with E-state index in [1.807, 2.05) is 69.2 Å². The molecule has 1 heterocycles. The minimum atomic E-state index is -0.860. The molecule has 1 fully saturated rings. The van der Waals surface area contributed by atoms with E-state index in [0.717, 1.165) is 11.3 Å². The second-order valence-electron chi connectivity index (χ2n) is 8.79. The van der Waals surface area contributed by atoms with Crippen molar-refractivity contribution in [2.75, 3.05) is 37.6 Å². The highest BCUT2D eigenvalue weighted by molar-refractivity contribution is 6.51. The first-order chi connectivity index (χ1) is 17.3. The van der Waals surface area contributed by atoms with Crippen molar-refractivity contribution in [3.8, 4) is 11.5 Å². The largest absolute Gasteiger partial charge is 0.507 e. The minimum Gasteiger partial charge on any atom is -0.507 e. The smallest absolute Gasteiger partial charge is 0.300 e. The van der Waals surface area contributed by atoms with Gasteiger partial charge in [-0.3, -0.25) is 14.5 Å². The van der Waals surface area contributed by atoms with Crippen LogP contribution in [-0.4, -0.2) is 44.6 Å². The van der Waals surface area contributed by atoms with Gasteiger partial charge in [0.25, 0.3) is 11.7 Å². The van der Waals surface area contributed by atoms with Crippen molar-refractivity contribution in [2.45, 2.75) is 19.9 Å². The van der Waals surface area contributed by atoms with Gasteiger partial charge >= 0.3 is 0 Å². The van der Waals surface area contributed by atoms with E-state index >= 15 is 0 Å². The predicted octanol–water partition coefficient (Wildman–Crippen LogP) is 5.09. The van der Waals surface area contributed by atoms with Gasteiger partial charge < -0.3 is 19.5 Å². The van der Waals surface area contributed by atoms with Crippen LogP contribution in [0.1, 0.15) is 29.7 Å². The number of ketones is 1. The van der Waals surface area contributed by atoms with E-state index in [0.29, 0.717) is 34.9 Å². The summed E-state index contributed by atoms with van der Waals surface area (Å²) in [6.45, 7) is 4.23. The molecule has 7 heteroatoms. The van der Waals surface area contributed by atoms with Crippen molar-refractivity contribution >= 4 is 28.8 Å². The highest BCUT2D eigenvalue weighted by Crippen LogP contribution is 2.44. The number of aliphatic hydroxyl groups excluding tert-OH is 1. The van der Waals surface area contributed by atoms with E-state index in [2.05, 4.69) is 0 Å². The Kier molecular flexibility index (Phi) is 7.01. The average Bonchev–Trinajstić information content (AvgIpc) is 3.14. The molecule has 1 amide bonds. The number of amides is 1. The van der Waals surface area contributed by atoms with Gasteiger partial charge in [-0.2, -0.15) is 0 Å². The van der Waals surface area contributed by atoms with Crippen LogP contribution in [0.3, 0.4) is 0 Å². The fourth-order valence-corrected chi connectivity index (χ4v) is 4.42. The van der Waals surface area contributed by atoms with Crippen LogP contribution in [0.5, 0.6) is 11.5 Å². The van der Waals surface area contributed by atoms with Crippen molar-refractivity contribution in [1.82, 2.24) is 0 Å². The Morgan fingerprint density at radius 2 is 1.75 bits per heavy atom. The second kappa shape index (κ2) is 10.2. The van der Waals surface area contributed by atoms with Gasteiger partial charge in [-0.1, -0.05) is 23.8 Å². The molecule has 1 saturated heterocycles. The lowest BCUT2D eigenvalue weighted by Gasteiger charge is -2.26. The molecule has 36 heavy (non-hydrogen) atoms. The number of Topliss-reactive ketones (excluding diaryl/α,β-unsaturated/α-hetero) is 1. The lowest BCUT2D eigenvalue weighted by molar-refractivity contribution is -0.132. The highest BCUT2D eigenvalue weighted by atomic mass is 16.5. The molecule has 0 aromatic heterocycles. The quantitative estimate of drug-likeness (QED) is 0.285. The summed E-state index contributed by atoms with van der Waals surface area (Å²) >= 11 is 0. The molecule has 0 saturated carbocycles. The van der Waals surface area contributed by atoms with E-state index in [1.54, 1.807) is 30.3 Å². The highest BCUT2D eigenvalue weighted by Gasteiger charge is 2.47. The first-order valence-corrected chi connectivity index (χ1v) is 11.7.